The van der Waals surface area contributed by atoms with Gasteiger partial charge in [-0.15, -0.1) is 0 Å². The zero-order valence-electron chi connectivity index (χ0n) is 58.2. The molecule has 92 heavy (non-hydrogen) atoms. The van der Waals surface area contributed by atoms with Crippen molar-refractivity contribution in [3.05, 3.63) is 146 Å². The second-order valence-electron chi connectivity index (χ2n) is 19.7. The number of imidazole rings is 8. The Bertz CT molecular complexity index is 2830. The van der Waals surface area contributed by atoms with E-state index in [1.165, 1.54) is 46.6 Å². The van der Waals surface area contributed by atoms with E-state index in [9.17, 15) is 16.8 Å². The van der Waals surface area contributed by atoms with Gasteiger partial charge in [0.25, 0.3) is 46.6 Å². The fraction of sp³-hybridized carbons (Fsp3) is 0.571. The summed E-state index contributed by atoms with van der Waals surface area (Å²) < 4.78 is 109. The van der Waals surface area contributed by atoms with E-state index in [0.717, 1.165) is 52.4 Å². The van der Waals surface area contributed by atoms with E-state index in [1.54, 1.807) is 0 Å². The second-order valence-corrected chi connectivity index (χ2v) is 23.1. The number of aromatic nitrogens is 16. The molecule has 8 aromatic rings. The Kier molecular flexibility index (Phi) is 46.4. The molecule has 0 unspecified atom stereocenters. The van der Waals surface area contributed by atoms with Crippen LogP contribution < -0.4 is 75.7 Å². The molecule has 0 aliphatic rings. The number of rotatable bonds is 8. The van der Waals surface area contributed by atoms with Gasteiger partial charge in [-0.2, -0.15) is 0 Å². The van der Waals surface area contributed by atoms with Gasteiger partial charge < -0.3 is 57.4 Å². The molecule has 8 aromatic heterocycles. The molecule has 0 amide bonds. The Morgan fingerprint density at radius 1 is 0.250 bits per heavy atom. The molecular weight excluding hydrogens is 1290 g/mol. The van der Waals surface area contributed by atoms with Crippen LogP contribution in [0, 0.1) is 55.4 Å². The molecule has 36 heteroatoms. The van der Waals surface area contributed by atoms with Crippen LogP contribution in [-0.2, 0) is 127 Å². The Morgan fingerprint density at radius 3 is 0.337 bits per heavy atom. The van der Waals surface area contributed by atoms with Gasteiger partial charge in [-0.05, 0) is 55.4 Å². The zero-order chi connectivity index (χ0) is 72.8. The third-order valence-electron chi connectivity index (χ3n) is 13.9. The normalized spacial score (nSPS) is 10.5. The van der Waals surface area contributed by atoms with Crippen molar-refractivity contribution in [3.8, 4) is 0 Å². The monoisotopic (exact) mass is 1390 g/mol. The molecule has 0 radical (unpaired) electrons. The Hall–Kier alpha value is -6.00. The molecule has 0 aliphatic heterocycles. The van der Waals surface area contributed by atoms with E-state index in [1.807, 2.05) is 0 Å². The van der Waals surface area contributed by atoms with Crippen molar-refractivity contribution in [1.29, 1.82) is 0 Å². The third-order valence-corrected chi connectivity index (χ3v) is 13.9. The summed E-state index contributed by atoms with van der Waals surface area (Å²) in [6, 6.07) is 0. The minimum Gasteiger partial charge on any atom is -0.786 e. The van der Waals surface area contributed by atoms with E-state index in [-0.39, 0.29) is 0 Å². The third kappa shape index (κ3) is 44.5. The minimum absolute atomic E-state index is 1.06. The highest BCUT2D eigenvalue weighted by atomic mass is 31.2. The summed E-state index contributed by atoms with van der Waals surface area (Å²) in [5, 5.41) is 0. The van der Waals surface area contributed by atoms with Gasteiger partial charge in [-0.25, -0.2) is 89.9 Å². The summed E-state index contributed by atoms with van der Waals surface area (Å²) in [4.78, 5) is 67.5. The van der Waals surface area contributed by atoms with Gasteiger partial charge in [-0.3, -0.25) is 0 Å². The lowest BCUT2D eigenvalue weighted by Gasteiger charge is -2.15. The standard InChI is InChI=1S/8C7H13N2.4FH2O3P/c8*1-4-9-6-5-8(3)7(9)2;4*1-5(2,3)4/h8*5-6H,4H2,1-3H3;4*(H2,2,3,4)/q8*+1;;;;/p-8. The van der Waals surface area contributed by atoms with Gasteiger partial charge in [0.15, 0.2) is 0 Å². The van der Waals surface area contributed by atoms with Crippen molar-refractivity contribution in [1.82, 2.24) is 36.5 Å². The minimum atomic E-state index is -5.64. The van der Waals surface area contributed by atoms with Crippen molar-refractivity contribution in [2.75, 3.05) is 0 Å². The number of nitrogens with zero attached hydrogens (tertiary/aromatic N) is 16. The van der Waals surface area contributed by atoms with Crippen LogP contribution in [0.15, 0.2) is 99.1 Å². The van der Waals surface area contributed by atoms with Crippen molar-refractivity contribution in [3.63, 3.8) is 0 Å². The van der Waals surface area contributed by atoms with Crippen LogP contribution in [-0.4, -0.2) is 36.5 Å². The van der Waals surface area contributed by atoms with E-state index >= 15 is 0 Å². The van der Waals surface area contributed by atoms with E-state index in [4.69, 9.17) is 57.4 Å². The van der Waals surface area contributed by atoms with Crippen LogP contribution in [0.1, 0.15) is 102 Å². The second kappa shape index (κ2) is 46.1. The van der Waals surface area contributed by atoms with Gasteiger partial charge >= 0.3 is 0 Å². The lowest BCUT2D eigenvalue weighted by Crippen LogP contribution is -2.29. The molecular formula is C56H104F4N16O12P4. The summed E-state index contributed by atoms with van der Waals surface area (Å²) in [6.45, 7) is 42.6. The predicted molar refractivity (Wildman–Crippen MR) is 323 cm³/mol. The molecule has 0 atom stereocenters. The van der Waals surface area contributed by atoms with E-state index in [2.05, 4.69) is 339 Å². The quantitative estimate of drug-likeness (QED) is 0.112. The first-order valence-electron chi connectivity index (χ1n) is 29.0. The van der Waals surface area contributed by atoms with Crippen LogP contribution in [0.25, 0.3) is 0 Å². The maximum absolute atomic E-state index is 10.1. The zero-order valence-corrected chi connectivity index (χ0v) is 61.8. The first-order valence-corrected chi connectivity index (χ1v) is 34.7. The summed E-state index contributed by atoms with van der Waals surface area (Å²) in [6.07, 6.45) is 33.3. The van der Waals surface area contributed by atoms with Gasteiger partial charge in [0.2, 0.25) is 0 Å². The maximum Gasteiger partial charge on any atom is 0.252 e. The summed E-state index contributed by atoms with van der Waals surface area (Å²) in [5.74, 6) is 10.4. The van der Waals surface area contributed by atoms with E-state index in [0.29, 0.717) is 0 Å². The largest absolute Gasteiger partial charge is 0.786 e. The summed E-state index contributed by atoms with van der Waals surface area (Å²) in [5.41, 5.74) is 0. The number of hydrogen-bond donors (Lipinski definition) is 0. The van der Waals surface area contributed by atoms with Crippen molar-refractivity contribution in [2.45, 2.75) is 163 Å². The predicted octanol–water partition coefficient (Wildman–Crippen LogP) is 0.266. The van der Waals surface area contributed by atoms with Crippen molar-refractivity contribution < 1.29 is 111 Å². The highest BCUT2D eigenvalue weighted by Gasteiger charge is 2.09. The average Bonchev–Trinajstić information content (AvgIpc) is 3.81. The average molecular weight is 1390 g/mol. The van der Waals surface area contributed by atoms with Crippen LogP contribution in [0.5, 0.6) is 0 Å². The Balaban J connectivity index is -0.000000463. The topological polar surface area (TPSA) is 323 Å². The van der Waals surface area contributed by atoms with Gasteiger partial charge in [-0.1, -0.05) is 0 Å². The molecule has 8 rings (SSSR count). The molecule has 0 spiro atoms. The molecule has 0 N–H and O–H groups in total. The Labute approximate surface area is 542 Å². The van der Waals surface area contributed by atoms with Crippen LogP contribution >= 0.6 is 31.6 Å². The molecule has 0 aromatic carbocycles. The molecule has 8 heterocycles. The van der Waals surface area contributed by atoms with Gasteiger partial charge in [0.1, 0.15) is 131 Å². The molecule has 28 nitrogen and oxygen atoms in total. The molecule has 0 saturated carbocycles. The van der Waals surface area contributed by atoms with Crippen LogP contribution in [0.3, 0.4) is 0 Å². The highest BCUT2D eigenvalue weighted by molar-refractivity contribution is 7.43. The SMILES string of the molecule is CCn1cc[n+](C)c1C.CCn1cc[n+](C)c1C.CCn1cc[n+](C)c1C.CCn1cc[n+](C)c1C.CCn1cc[n+](C)c1C.CCn1cc[n+](C)c1C.CCn1cc[n+](C)c1C.CCn1cc[n+](C)c1C.O=P([O-])([O-])F.O=P([O-])([O-])F.O=P([O-])([O-])F.O=P([O-])([O-])F. The number of aryl methyl sites for hydroxylation is 16. The van der Waals surface area contributed by atoms with Crippen LogP contribution in [0.2, 0.25) is 0 Å². The van der Waals surface area contributed by atoms with Gasteiger partial charge in [0.05, 0.1) is 109 Å². The van der Waals surface area contributed by atoms with Crippen LogP contribution in [0.4, 0.5) is 16.8 Å². The summed E-state index contributed by atoms with van der Waals surface area (Å²) in [7, 11) is -6.10. The lowest BCUT2D eigenvalue weighted by atomic mass is 10.6. The maximum atomic E-state index is 10.1. The number of hydrogen-bond acceptors (Lipinski definition) is 12. The van der Waals surface area contributed by atoms with Gasteiger partial charge in [0, 0.05) is 55.4 Å². The highest BCUT2D eigenvalue weighted by Crippen LogP contribution is 2.23. The van der Waals surface area contributed by atoms with Crippen molar-refractivity contribution in [2.24, 2.45) is 56.4 Å². The molecule has 0 saturated heterocycles. The smallest absolute Gasteiger partial charge is 0.252 e. The fourth-order valence-electron chi connectivity index (χ4n) is 7.46. The lowest BCUT2D eigenvalue weighted by molar-refractivity contribution is -0.677. The Morgan fingerprint density at radius 2 is 0.315 bits per heavy atom. The summed E-state index contributed by atoms with van der Waals surface area (Å²) >= 11 is 0. The molecule has 528 valence electrons. The first-order chi connectivity index (χ1) is 42.0. The first kappa shape index (κ1) is 92.4. The molecule has 0 fully saturated rings. The van der Waals surface area contributed by atoms with Crippen molar-refractivity contribution >= 4 is 31.6 Å². The van der Waals surface area contributed by atoms with E-state index < -0.39 is 31.6 Å². The molecule has 0 aliphatic carbocycles. The fourth-order valence-corrected chi connectivity index (χ4v) is 7.46. The number of halogens is 4. The molecule has 0 bridgehead atoms.